The number of carboxylic acid groups (broad SMARTS) is 1. The maximum Gasteiger partial charge on any atom is 0.331 e. The summed E-state index contributed by atoms with van der Waals surface area (Å²) in [5, 5.41) is 46.9. The van der Waals surface area contributed by atoms with Gasteiger partial charge in [-0.25, -0.2) is 9.59 Å². The van der Waals surface area contributed by atoms with Crippen LogP contribution in [-0.2, 0) is 14.3 Å². The van der Waals surface area contributed by atoms with Crippen molar-refractivity contribution in [1.29, 1.82) is 0 Å². The molecule has 0 aromatic heterocycles. The lowest BCUT2D eigenvalue weighted by Gasteiger charge is -2.29. The molecule has 0 radical (unpaired) electrons. The number of aliphatic hydroxyl groups excluding tert-OH is 2. The molecule has 8 nitrogen and oxygen atoms in total. The number of phenols is 2. The second kappa shape index (κ2) is 7.16. The number of ether oxygens (including phenoxy) is 1. The van der Waals surface area contributed by atoms with Crippen molar-refractivity contribution in [2.75, 3.05) is 0 Å². The molecule has 1 aliphatic carbocycles. The highest BCUT2D eigenvalue weighted by molar-refractivity contribution is 5.88. The van der Waals surface area contributed by atoms with Gasteiger partial charge < -0.3 is 30.3 Å². The summed E-state index contributed by atoms with van der Waals surface area (Å²) in [5.74, 6) is -2.78. The van der Waals surface area contributed by atoms with Crippen LogP contribution in [0.25, 0.3) is 6.08 Å². The van der Waals surface area contributed by atoms with E-state index in [0.717, 1.165) is 12.2 Å². The first kappa shape index (κ1) is 17.5. The molecule has 1 aliphatic rings. The maximum atomic E-state index is 11.8. The van der Waals surface area contributed by atoms with Gasteiger partial charge in [0.05, 0.1) is 0 Å². The maximum absolute atomic E-state index is 11.8. The molecule has 24 heavy (non-hydrogen) atoms. The van der Waals surface area contributed by atoms with Gasteiger partial charge in [-0.2, -0.15) is 0 Å². The minimum atomic E-state index is -1.44. The predicted octanol–water partition coefficient (Wildman–Crippen LogP) is 0.159. The van der Waals surface area contributed by atoms with Crippen LogP contribution < -0.4 is 0 Å². The molecule has 0 aliphatic heterocycles. The number of rotatable bonds is 4. The molecular formula is C16H16O8. The Balaban J connectivity index is 2.03. The molecule has 1 aromatic rings. The average Bonchev–Trinajstić information content (AvgIpc) is 2.52. The van der Waals surface area contributed by atoms with E-state index in [1.54, 1.807) is 0 Å². The van der Waals surface area contributed by atoms with Gasteiger partial charge in [0.2, 0.25) is 0 Å². The van der Waals surface area contributed by atoms with Crippen LogP contribution in [0, 0.1) is 0 Å². The number of esters is 1. The number of carboxylic acids is 1. The Labute approximate surface area is 136 Å². The van der Waals surface area contributed by atoms with Gasteiger partial charge in [0.25, 0.3) is 0 Å². The molecule has 128 valence electrons. The number of hydrogen-bond donors (Lipinski definition) is 5. The summed E-state index contributed by atoms with van der Waals surface area (Å²) in [6.45, 7) is 0. The number of aromatic hydroxyl groups is 2. The molecule has 0 bridgehead atoms. The fourth-order valence-corrected chi connectivity index (χ4v) is 2.20. The zero-order valence-electron chi connectivity index (χ0n) is 12.4. The van der Waals surface area contributed by atoms with Crippen LogP contribution in [0.1, 0.15) is 12.0 Å². The van der Waals surface area contributed by atoms with Gasteiger partial charge >= 0.3 is 11.9 Å². The summed E-state index contributed by atoms with van der Waals surface area (Å²) >= 11 is 0. The molecule has 0 heterocycles. The third kappa shape index (κ3) is 4.12. The molecule has 0 unspecified atom stereocenters. The van der Waals surface area contributed by atoms with Gasteiger partial charge in [-0.05, 0) is 29.8 Å². The molecule has 3 atom stereocenters. The normalized spacial score (nSPS) is 23.8. The minimum Gasteiger partial charge on any atom is -0.504 e. The van der Waals surface area contributed by atoms with Crippen molar-refractivity contribution >= 4 is 18.0 Å². The van der Waals surface area contributed by atoms with Crippen LogP contribution in [0.5, 0.6) is 11.5 Å². The van der Waals surface area contributed by atoms with E-state index in [9.17, 15) is 30.0 Å². The van der Waals surface area contributed by atoms with Crippen LogP contribution >= 0.6 is 0 Å². The van der Waals surface area contributed by atoms with Crippen molar-refractivity contribution in [3.63, 3.8) is 0 Å². The number of hydrogen-bond acceptors (Lipinski definition) is 7. The summed E-state index contributed by atoms with van der Waals surface area (Å²) in [5.41, 5.74) is 0.260. The molecule has 5 N–H and O–H groups in total. The number of aliphatic carboxylic acids is 1. The quantitative estimate of drug-likeness (QED) is 0.297. The van der Waals surface area contributed by atoms with Crippen LogP contribution in [-0.4, -0.2) is 55.8 Å². The average molecular weight is 336 g/mol. The first-order valence-corrected chi connectivity index (χ1v) is 6.98. The topological polar surface area (TPSA) is 145 Å². The Hall–Kier alpha value is -2.84. The first-order valence-electron chi connectivity index (χ1n) is 6.98. The Bertz CT molecular complexity index is 706. The van der Waals surface area contributed by atoms with E-state index >= 15 is 0 Å². The van der Waals surface area contributed by atoms with Crippen molar-refractivity contribution in [3.8, 4) is 11.5 Å². The van der Waals surface area contributed by atoms with E-state index in [1.807, 2.05) is 0 Å². The van der Waals surface area contributed by atoms with Gasteiger partial charge in [0, 0.05) is 18.1 Å². The van der Waals surface area contributed by atoms with Gasteiger partial charge in [-0.3, -0.25) is 0 Å². The van der Waals surface area contributed by atoms with Gasteiger partial charge in [0.1, 0.15) is 18.3 Å². The summed E-state index contributed by atoms with van der Waals surface area (Å²) in [4.78, 5) is 22.7. The van der Waals surface area contributed by atoms with E-state index in [-0.39, 0.29) is 23.5 Å². The van der Waals surface area contributed by atoms with Crippen molar-refractivity contribution in [1.82, 2.24) is 0 Å². The van der Waals surface area contributed by atoms with Crippen molar-refractivity contribution in [3.05, 3.63) is 41.5 Å². The van der Waals surface area contributed by atoms with E-state index < -0.39 is 30.3 Å². The minimum absolute atomic E-state index is 0.155. The molecule has 0 fully saturated rings. The van der Waals surface area contributed by atoms with Crippen LogP contribution in [0.15, 0.2) is 35.9 Å². The van der Waals surface area contributed by atoms with Crippen LogP contribution in [0.2, 0.25) is 0 Å². The Morgan fingerprint density at radius 1 is 1.17 bits per heavy atom. The van der Waals surface area contributed by atoms with Gasteiger partial charge in [-0.1, -0.05) is 6.07 Å². The highest BCUT2D eigenvalue weighted by Crippen LogP contribution is 2.26. The molecule has 0 saturated heterocycles. The van der Waals surface area contributed by atoms with E-state index in [1.165, 1.54) is 24.3 Å². The smallest absolute Gasteiger partial charge is 0.331 e. The monoisotopic (exact) mass is 336 g/mol. The fraction of sp³-hybridized carbons (Fsp3) is 0.250. The predicted molar refractivity (Wildman–Crippen MR) is 81.0 cm³/mol. The lowest BCUT2D eigenvalue weighted by atomic mass is 9.92. The second-order valence-electron chi connectivity index (χ2n) is 5.24. The van der Waals surface area contributed by atoms with E-state index in [4.69, 9.17) is 9.84 Å². The summed E-state index contributed by atoms with van der Waals surface area (Å²) in [7, 11) is 0. The van der Waals surface area contributed by atoms with Gasteiger partial charge in [-0.15, -0.1) is 0 Å². The zero-order chi connectivity index (χ0) is 17.9. The van der Waals surface area contributed by atoms with Crippen molar-refractivity contribution in [2.24, 2.45) is 0 Å². The third-order valence-electron chi connectivity index (χ3n) is 3.48. The van der Waals surface area contributed by atoms with Gasteiger partial charge in [0.15, 0.2) is 11.5 Å². The largest absolute Gasteiger partial charge is 0.504 e. The summed E-state index contributed by atoms with van der Waals surface area (Å²) in [6, 6.07) is 3.92. The molecule has 0 saturated carbocycles. The Kier molecular flexibility index (Phi) is 5.22. The van der Waals surface area contributed by atoms with E-state index in [2.05, 4.69) is 0 Å². The lowest BCUT2D eigenvalue weighted by Crippen LogP contribution is -2.43. The molecule has 0 amide bonds. The first-order chi connectivity index (χ1) is 11.3. The highest BCUT2D eigenvalue weighted by Gasteiger charge is 2.35. The molecule has 1 aromatic carbocycles. The highest BCUT2D eigenvalue weighted by atomic mass is 16.6. The van der Waals surface area contributed by atoms with Crippen LogP contribution in [0.4, 0.5) is 0 Å². The lowest BCUT2D eigenvalue weighted by molar-refractivity contribution is -0.154. The number of carbonyl (C=O) groups excluding carboxylic acids is 1. The van der Waals surface area contributed by atoms with Crippen LogP contribution in [0.3, 0.4) is 0 Å². The molecule has 2 rings (SSSR count). The zero-order valence-corrected chi connectivity index (χ0v) is 12.4. The van der Waals surface area contributed by atoms with Crippen molar-refractivity contribution < 1.29 is 39.9 Å². The van der Waals surface area contributed by atoms with Crippen molar-refractivity contribution in [2.45, 2.75) is 24.7 Å². The number of phenolic OH excluding ortho intramolecular Hbond substituents is 2. The Morgan fingerprint density at radius 2 is 1.88 bits per heavy atom. The molecular weight excluding hydrogens is 320 g/mol. The van der Waals surface area contributed by atoms with E-state index in [0.29, 0.717) is 5.56 Å². The summed E-state index contributed by atoms with van der Waals surface area (Å²) in [6.07, 6.45) is -0.963. The number of carbonyl (C=O) groups is 2. The molecule has 0 spiro atoms. The Morgan fingerprint density at radius 3 is 2.50 bits per heavy atom. The fourth-order valence-electron chi connectivity index (χ4n) is 2.20. The third-order valence-corrected chi connectivity index (χ3v) is 3.48. The number of benzene rings is 1. The second-order valence-corrected chi connectivity index (χ2v) is 5.24. The standard InChI is InChI=1S/C16H16O8/c17-10-3-1-8(5-11(10)18)2-4-14(20)24-13-7-9(16(22)23)6-12(19)15(13)21/h1-6,12-13,15,17-19,21H,7H2,(H,22,23)/b4-2+/t12-,13-,15-/m1/s1. The summed E-state index contributed by atoms with van der Waals surface area (Å²) < 4.78 is 4.98. The molecule has 8 heteroatoms. The number of aliphatic hydroxyl groups is 2. The SMILES string of the molecule is O=C(/C=C/c1ccc(O)c(O)c1)O[C@@H]1CC(C(=O)O)=C[C@@H](O)[C@H]1O.